The van der Waals surface area contributed by atoms with Crippen molar-refractivity contribution in [1.82, 2.24) is 0 Å². The highest BCUT2D eigenvalue weighted by molar-refractivity contribution is 6.34. The molecule has 1 amide bonds. The second-order valence-electron chi connectivity index (χ2n) is 6.03. The third-order valence-corrected chi connectivity index (χ3v) is 4.72. The van der Waals surface area contributed by atoms with Gasteiger partial charge in [0, 0.05) is 12.1 Å². The molecule has 0 fully saturated rings. The highest BCUT2D eigenvalue weighted by atomic mass is 35.5. The molecule has 11 heteroatoms. The van der Waals surface area contributed by atoms with Gasteiger partial charge in [0.15, 0.2) is 17.3 Å². The van der Waals surface area contributed by atoms with Gasteiger partial charge >= 0.3 is 0 Å². The number of nitrogens with zero attached hydrogens (tertiary/aromatic N) is 2. The van der Waals surface area contributed by atoms with Crippen molar-refractivity contribution in [2.75, 3.05) is 33.8 Å². The van der Waals surface area contributed by atoms with Crippen LogP contribution in [0.4, 0.5) is 11.4 Å². The van der Waals surface area contributed by atoms with Crippen molar-refractivity contribution in [3.8, 4) is 23.0 Å². The SMILES string of the molecule is COc1cc(N=NC(C(C)=O)C(=O)Nc2c(Cl)ccc(OC)c2OC)c(OC)cc1Cl. The smallest absolute Gasteiger partial charge is 0.258 e. The second kappa shape index (κ2) is 10.8. The van der Waals surface area contributed by atoms with E-state index in [1.807, 2.05) is 0 Å². The van der Waals surface area contributed by atoms with Crippen LogP contribution in [0.1, 0.15) is 6.92 Å². The lowest BCUT2D eigenvalue weighted by Crippen LogP contribution is -2.32. The summed E-state index contributed by atoms with van der Waals surface area (Å²) in [5, 5.41) is 10.9. The molecule has 0 aliphatic heterocycles. The minimum Gasteiger partial charge on any atom is -0.495 e. The van der Waals surface area contributed by atoms with Crippen LogP contribution < -0.4 is 24.3 Å². The van der Waals surface area contributed by atoms with E-state index in [2.05, 4.69) is 15.5 Å². The fraction of sp³-hybridized carbons (Fsp3) is 0.300. The highest BCUT2D eigenvalue weighted by Crippen LogP contribution is 2.41. The molecule has 0 heterocycles. The van der Waals surface area contributed by atoms with Gasteiger partial charge in [0.25, 0.3) is 5.91 Å². The van der Waals surface area contributed by atoms with Crippen LogP contribution in [0.25, 0.3) is 0 Å². The van der Waals surface area contributed by atoms with E-state index in [9.17, 15) is 9.59 Å². The average molecular weight is 470 g/mol. The van der Waals surface area contributed by atoms with Crippen molar-refractivity contribution < 1.29 is 28.5 Å². The third kappa shape index (κ3) is 5.56. The molecule has 166 valence electrons. The van der Waals surface area contributed by atoms with Crippen LogP contribution in [0.5, 0.6) is 23.0 Å². The molecule has 0 saturated heterocycles. The number of carbonyl (C=O) groups is 2. The van der Waals surface area contributed by atoms with Crippen LogP contribution >= 0.6 is 23.2 Å². The quantitative estimate of drug-likeness (QED) is 0.420. The predicted molar refractivity (Wildman–Crippen MR) is 117 cm³/mol. The minimum absolute atomic E-state index is 0.140. The predicted octanol–water partition coefficient (Wildman–Crippen LogP) is 4.71. The van der Waals surface area contributed by atoms with Crippen molar-refractivity contribution >= 4 is 46.3 Å². The largest absolute Gasteiger partial charge is 0.495 e. The lowest BCUT2D eigenvalue weighted by Gasteiger charge is -2.16. The summed E-state index contributed by atoms with van der Waals surface area (Å²) in [6.07, 6.45) is 0. The number of rotatable bonds is 9. The number of halogens is 2. The number of anilines is 1. The first-order valence-corrected chi connectivity index (χ1v) is 9.57. The van der Waals surface area contributed by atoms with Gasteiger partial charge < -0.3 is 24.3 Å². The Morgan fingerprint density at radius 2 is 1.55 bits per heavy atom. The molecule has 31 heavy (non-hydrogen) atoms. The summed E-state index contributed by atoms with van der Waals surface area (Å²) in [5.74, 6) is -0.139. The normalized spacial score (nSPS) is 11.7. The fourth-order valence-corrected chi connectivity index (χ4v) is 3.00. The van der Waals surface area contributed by atoms with Gasteiger partial charge in [0.2, 0.25) is 6.04 Å². The molecule has 0 aliphatic carbocycles. The highest BCUT2D eigenvalue weighted by Gasteiger charge is 2.26. The Bertz CT molecular complexity index is 1010. The Morgan fingerprint density at radius 1 is 0.903 bits per heavy atom. The Kier molecular flexibility index (Phi) is 8.47. The van der Waals surface area contributed by atoms with E-state index in [1.54, 1.807) is 6.07 Å². The summed E-state index contributed by atoms with van der Waals surface area (Å²) >= 11 is 12.3. The molecule has 1 atom stereocenters. The van der Waals surface area contributed by atoms with Crippen LogP contribution in [-0.2, 0) is 9.59 Å². The maximum Gasteiger partial charge on any atom is 0.258 e. The molecule has 2 aromatic carbocycles. The number of hydrogen-bond donors (Lipinski definition) is 1. The Hall–Kier alpha value is -3.04. The van der Waals surface area contributed by atoms with E-state index in [4.69, 9.17) is 42.1 Å². The van der Waals surface area contributed by atoms with Crippen molar-refractivity contribution in [2.24, 2.45) is 10.2 Å². The molecule has 2 rings (SSSR count). The third-order valence-electron chi connectivity index (χ3n) is 4.11. The number of hydrogen-bond acceptors (Lipinski definition) is 8. The van der Waals surface area contributed by atoms with E-state index in [0.29, 0.717) is 16.5 Å². The van der Waals surface area contributed by atoms with Crippen LogP contribution in [0, 0.1) is 0 Å². The first-order valence-electron chi connectivity index (χ1n) is 8.81. The number of Topliss-reactive ketones (excluding diaryl/α,β-unsaturated/α-hetero) is 1. The zero-order valence-corrected chi connectivity index (χ0v) is 19.0. The van der Waals surface area contributed by atoms with Gasteiger partial charge in [-0.15, -0.1) is 0 Å². The number of ketones is 1. The average Bonchev–Trinajstić information content (AvgIpc) is 2.75. The number of benzene rings is 2. The van der Waals surface area contributed by atoms with E-state index in [-0.39, 0.29) is 27.9 Å². The zero-order valence-electron chi connectivity index (χ0n) is 17.5. The molecule has 0 radical (unpaired) electrons. The molecule has 2 aromatic rings. The van der Waals surface area contributed by atoms with Crippen molar-refractivity contribution in [1.29, 1.82) is 0 Å². The molecule has 0 bridgehead atoms. The summed E-state index contributed by atoms with van der Waals surface area (Å²) in [4.78, 5) is 24.9. The molecular weight excluding hydrogens is 449 g/mol. The molecule has 1 N–H and O–H groups in total. The van der Waals surface area contributed by atoms with Gasteiger partial charge in [-0.3, -0.25) is 9.59 Å². The number of nitrogens with one attached hydrogen (secondary N) is 1. The lowest BCUT2D eigenvalue weighted by molar-refractivity contribution is -0.126. The van der Waals surface area contributed by atoms with Crippen LogP contribution in [0.2, 0.25) is 10.0 Å². The fourth-order valence-electron chi connectivity index (χ4n) is 2.57. The molecule has 1 unspecified atom stereocenters. The van der Waals surface area contributed by atoms with Crippen molar-refractivity contribution in [3.63, 3.8) is 0 Å². The first kappa shape index (κ1) is 24.2. The van der Waals surface area contributed by atoms with Crippen molar-refractivity contribution in [3.05, 3.63) is 34.3 Å². The Morgan fingerprint density at radius 3 is 2.10 bits per heavy atom. The monoisotopic (exact) mass is 469 g/mol. The van der Waals surface area contributed by atoms with Gasteiger partial charge in [-0.25, -0.2) is 0 Å². The Balaban J connectivity index is 2.38. The summed E-state index contributed by atoms with van der Waals surface area (Å²) in [5.41, 5.74) is 0.362. The Labute approximate surface area is 189 Å². The summed E-state index contributed by atoms with van der Waals surface area (Å²) in [7, 11) is 5.69. The number of azo groups is 1. The van der Waals surface area contributed by atoms with Gasteiger partial charge in [-0.05, 0) is 19.1 Å². The second-order valence-corrected chi connectivity index (χ2v) is 6.85. The molecule has 0 saturated carbocycles. The molecular formula is C20H21Cl2N3O6. The number of ether oxygens (including phenoxy) is 4. The minimum atomic E-state index is -1.46. The van der Waals surface area contributed by atoms with Crippen molar-refractivity contribution in [2.45, 2.75) is 13.0 Å². The first-order chi connectivity index (χ1) is 14.8. The number of amides is 1. The zero-order chi connectivity index (χ0) is 23.1. The lowest BCUT2D eigenvalue weighted by atomic mass is 10.2. The maximum atomic E-state index is 12.8. The molecule has 0 aromatic heterocycles. The van der Waals surface area contributed by atoms with Gasteiger partial charge in [-0.1, -0.05) is 23.2 Å². The molecule has 0 spiro atoms. The standard InChI is InChI=1S/C20H21Cl2N3O6/c1-10(26)17(25-24-13-9-15(29-3)12(22)8-16(13)30-4)20(27)23-18-11(21)6-7-14(28-2)19(18)31-5/h6-9,17H,1-5H3,(H,23,27). The van der Waals surface area contributed by atoms with Gasteiger partial charge in [-0.2, -0.15) is 10.2 Å². The maximum absolute atomic E-state index is 12.8. The van der Waals surface area contributed by atoms with E-state index < -0.39 is 17.7 Å². The summed E-state index contributed by atoms with van der Waals surface area (Å²) < 4.78 is 20.9. The molecule has 9 nitrogen and oxygen atoms in total. The van der Waals surface area contributed by atoms with E-state index in [1.165, 1.54) is 53.6 Å². The van der Waals surface area contributed by atoms with Crippen LogP contribution in [0.3, 0.4) is 0 Å². The number of carbonyl (C=O) groups excluding carboxylic acids is 2. The number of methoxy groups -OCH3 is 4. The van der Waals surface area contributed by atoms with Gasteiger partial charge in [0.05, 0.1) is 38.5 Å². The van der Waals surface area contributed by atoms with E-state index in [0.717, 1.165) is 0 Å². The van der Waals surface area contributed by atoms with Crippen LogP contribution in [-0.4, -0.2) is 46.2 Å². The molecule has 0 aliphatic rings. The topological polar surface area (TPSA) is 108 Å². The van der Waals surface area contributed by atoms with Crippen LogP contribution in [0.15, 0.2) is 34.5 Å². The summed E-state index contributed by atoms with van der Waals surface area (Å²) in [6.45, 7) is 1.22. The van der Waals surface area contributed by atoms with Gasteiger partial charge in [0.1, 0.15) is 22.9 Å². The summed E-state index contributed by atoms with van der Waals surface area (Å²) in [6, 6.07) is 4.60. The van der Waals surface area contributed by atoms with E-state index >= 15 is 0 Å².